The topological polar surface area (TPSA) is 45.8 Å². The predicted molar refractivity (Wildman–Crippen MR) is 86.0 cm³/mol. The van der Waals surface area contributed by atoms with E-state index in [1.807, 2.05) is 30.6 Å². The number of carbonyl (C=O) groups excluding carboxylic acids is 1. The number of nitrogens with zero attached hydrogens (tertiary/aromatic N) is 1. The quantitative estimate of drug-likeness (QED) is 0.526. The molecule has 2 aromatic heterocycles. The highest BCUT2D eigenvalue weighted by Gasteiger charge is 2.14. The van der Waals surface area contributed by atoms with Crippen LogP contribution in [0.4, 0.5) is 0 Å². The van der Waals surface area contributed by atoms with E-state index in [-0.39, 0.29) is 0 Å². The van der Waals surface area contributed by atoms with E-state index < -0.39 is 0 Å². The first-order valence-electron chi connectivity index (χ1n) is 6.94. The molecule has 0 fully saturated rings. The second-order valence-electron chi connectivity index (χ2n) is 5.47. The molecule has 0 saturated heterocycles. The molecule has 21 heavy (non-hydrogen) atoms. The van der Waals surface area contributed by atoms with E-state index >= 15 is 0 Å². The van der Waals surface area contributed by atoms with Gasteiger partial charge in [-0.25, -0.2) is 0 Å². The van der Waals surface area contributed by atoms with Crippen LogP contribution in [-0.4, -0.2) is 16.3 Å². The molecule has 2 aromatic carbocycles. The summed E-state index contributed by atoms with van der Waals surface area (Å²) in [7, 11) is 0. The molecular formula is C18H14N2O. The van der Waals surface area contributed by atoms with Gasteiger partial charge in [-0.3, -0.25) is 9.78 Å². The molecule has 2 heterocycles. The van der Waals surface area contributed by atoms with Crippen molar-refractivity contribution in [2.45, 2.75) is 13.8 Å². The number of hydrogen-bond donors (Lipinski definition) is 1. The minimum atomic E-state index is 0.701. The molecule has 4 aromatic rings. The first-order chi connectivity index (χ1) is 10.2. The smallest absolute Gasteiger partial charge is 0.150 e. The Balaban J connectivity index is 2.32. The molecule has 0 unspecified atom stereocenters. The van der Waals surface area contributed by atoms with Gasteiger partial charge in [0.2, 0.25) is 0 Å². The Labute approximate surface area is 121 Å². The summed E-state index contributed by atoms with van der Waals surface area (Å²) in [5, 5.41) is 4.67. The second kappa shape index (κ2) is 4.16. The van der Waals surface area contributed by atoms with Crippen molar-refractivity contribution in [3.05, 3.63) is 53.3 Å². The Morgan fingerprint density at radius 2 is 1.90 bits per heavy atom. The number of aromatic nitrogens is 2. The number of benzene rings is 2. The molecule has 0 bridgehead atoms. The van der Waals surface area contributed by atoms with Crippen LogP contribution in [0.5, 0.6) is 0 Å². The van der Waals surface area contributed by atoms with Crippen LogP contribution in [-0.2, 0) is 0 Å². The number of aldehydes is 1. The Hall–Kier alpha value is -2.68. The predicted octanol–water partition coefficient (Wildman–Crippen LogP) is 4.30. The number of carbonyl (C=O) groups is 1. The summed E-state index contributed by atoms with van der Waals surface area (Å²) in [6, 6.07) is 7.83. The Morgan fingerprint density at radius 1 is 1.05 bits per heavy atom. The molecule has 3 nitrogen and oxygen atoms in total. The second-order valence-corrected chi connectivity index (χ2v) is 5.47. The molecular weight excluding hydrogens is 260 g/mol. The summed E-state index contributed by atoms with van der Waals surface area (Å²) in [4.78, 5) is 18.8. The van der Waals surface area contributed by atoms with E-state index in [4.69, 9.17) is 0 Å². The first kappa shape index (κ1) is 12.1. The fourth-order valence-electron chi connectivity index (χ4n) is 3.24. The van der Waals surface area contributed by atoms with Crippen LogP contribution in [0.2, 0.25) is 0 Å². The van der Waals surface area contributed by atoms with E-state index in [1.54, 1.807) is 0 Å². The Kier molecular flexibility index (Phi) is 2.39. The number of nitrogens with one attached hydrogen (secondary N) is 1. The van der Waals surface area contributed by atoms with Gasteiger partial charge in [-0.15, -0.1) is 0 Å². The van der Waals surface area contributed by atoms with Crippen molar-refractivity contribution in [3.63, 3.8) is 0 Å². The van der Waals surface area contributed by atoms with Gasteiger partial charge in [0.1, 0.15) is 6.29 Å². The van der Waals surface area contributed by atoms with Crippen LogP contribution in [0, 0.1) is 13.8 Å². The number of aromatic amines is 1. The zero-order valence-electron chi connectivity index (χ0n) is 11.9. The molecule has 102 valence electrons. The SMILES string of the molecule is Cc1c2ccncc2c(C)c2c1[nH]c1ccc(C=O)cc12. The van der Waals surface area contributed by atoms with Crippen LogP contribution >= 0.6 is 0 Å². The van der Waals surface area contributed by atoms with E-state index in [2.05, 4.69) is 29.9 Å². The average molecular weight is 274 g/mol. The van der Waals surface area contributed by atoms with E-state index in [9.17, 15) is 4.79 Å². The zero-order chi connectivity index (χ0) is 14.6. The van der Waals surface area contributed by atoms with E-state index in [1.165, 1.54) is 27.3 Å². The van der Waals surface area contributed by atoms with Crippen molar-refractivity contribution in [3.8, 4) is 0 Å². The molecule has 0 spiro atoms. The Bertz CT molecular complexity index is 1030. The van der Waals surface area contributed by atoms with Gasteiger partial charge < -0.3 is 4.98 Å². The van der Waals surface area contributed by atoms with Crippen LogP contribution in [0.15, 0.2) is 36.7 Å². The molecule has 0 aliphatic carbocycles. The third kappa shape index (κ3) is 1.54. The van der Waals surface area contributed by atoms with Crippen molar-refractivity contribution >= 4 is 38.9 Å². The highest BCUT2D eigenvalue weighted by Crippen LogP contribution is 2.36. The lowest BCUT2D eigenvalue weighted by atomic mass is 9.97. The number of rotatable bonds is 1. The van der Waals surface area contributed by atoms with Crippen molar-refractivity contribution in [1.29, 1.82) is 0 Å². The molecule has 1 N–H and O–H groups in total. The lowest BCUT2D eigenvalue weighted by Gasteiger charge is -2.08. The molecule has 0 atom stereocenters. The van der Waals surface area contributed by atoms with Crippen LogP contribution in [0.1, 0.15) is 21.5 Å². The number of aryl methyl sites for hydroxylation is 2. The summed E-state index contributed by atoms with van der Waals surface area (Å²) >= 11 is 0. The third-order valence-electron chi connectivity index (χ3n) is 4.34. The lowest BCUT2D eigenvalue weighted by Crippen LogP contribution is -1.87. The molecule has 4 rings (SSSR count). The highest BCUT2D eigenvalue weighted by molar-refractivity contribution is 6.16. The average Bonchev–Trinajstić information content (AvgIpc) is 2.91. The van der Waals surface area contributed by atoms with Crippen molar-refractivity contribution in [2.24, 2.45) is 0 Å². The maximum Gasteiger partial charge on any atom is 0.150 e. The molecule has 0 radical (unpaired) electrons. The molecule has 0 saturated carbocycles. The van der Waals surface area contributed by atoms with Gasteiger partial charge in [0.15, 0.2) is 0 Å². The minimum Gasteiger partial charge on any atom is -0.354 e. The lowest BCUT2D eigenvalue weighted by molar-refractivity contribution is 0.112. The summed E-state index contributed by atoms with van der Waals surface area (Å²) in [6.07, 6.45) is 4.64. The standard InChI is InChI=1S/C18H14N2O/c1-10-15-8-19-6-5-13(15)11(2)18-17(10)14-7-12(9-21)3-4-16(14)20-18/h3-9,20H,1-2H3. The minimum absolute atomic E-state index is 0.701. The molecule has 3 heteroatoms. The van der Waals surface area contributed by atoms with Gasteiger partial charge in [0, 0.05) is 39.6 Å². The summed E-state index contributed by atoms with van der Waals surface area (Å²) in [5.41, 5.74) is 5.32. The zero-order valence-corrected chi connectivity index (χ0v) is 11.9. The highest BCUT2D eigenvalue weighted by atomic mass is 16.1. The maximum atomic E-state index is 11.1. The Morgan fingerprint density at radius 3 is 2.71 bits per heavy atom. The number of H-pyrrole nitrogens is 1. The fourth-order valence-corrected chi connectivity index (χ4v) is 3.24. The van der Waals surface area contributed by atoms with Gasteiger partial charge in [-0.2, -0.15) is 0 Å². The summed E-state index contributed by atoms with van der Waals surface area (Å²) < 4.78 is 0. The monoisotopic (exact) mass is 274 g/mol. The van der Waals surface area contributed by atoms with Gasteiger partial charge >= 0.3 is 0 Å². The van der Waals surface area contributed by atoms with Crippen molar-refractivity contribution in [1.82, 2.24) is 9.97 Å². The van der Waals surface area contributed by atoms with Crippen LogP contribution in [0.3, 0.4) is 0 Å². The third-order valence-corrected chi connectivity index (χ3v) is 4.34. The van der Waals surface area contributed by atoms with E-state index in [0.29, 0.717) is 5.56 Å². The number of fused-ring (bicyclic) bond motifs is 4. The summed E-state index contributed by atoms with van der Waals surface area (Å²) in [6.45, 7) is 4.24. The molecule has 0 aliphatic heterocycles. The fraction of sp³-hybridized carbons (Fsp3) is 0.111. The van der Waals surface area contributed by atoms with Crippen molar-refractivity contribution in [2.75, 3.05) is 0 Å². The van der Waals surface area contributed by atoms with Gasteiger partial charge in [0.05, 0.1) is 5.52 Å². The number of pyridine rings is 1. The van der Waals surface area contributed by atoms with Gasteiger partial charge in [-0.1, -0.05) is 0 Å². The molecule has 0 amide bonds. The van der Waals surface area contributed by atoms with E-state index in [0.717, 1.165) is 22.7 Å². The van der Waals surface area contributed by atoms with Gasteiger partial charge in [-0.05, 0) is 54.6 Å². The molecule has 0 aliphatic rings. The number of hydrogen-bond acceptors (Lipinski definition) is 2. The van der Waals surface area contributed by atoms with Crippen LogP contribution < -0.4 is 0 Å². The van der Waals surface area contributed by atoms with Crippen molar-refractivity contribution < 1.29 is 4.79 Å². The summed E-state index contributed by atoms with van der Waals surface area (Å²) in [5.74, 6) is 0. The van der Waals surface area contributed by atoms with Crippen LogP contribution in [0.25, 0.3) is 32.6 Å². The van der Waals surface area contributed by atoms with Gasteiger partial charge in [0.25, 0.3) is 0 Å². The maximum absolute atomic E-state index is 11.1. The normalized spacial score (nSPS) is 11.5. The first-order valence-corrected chi connectivity index (χ1v) is 6.94. The largest absolute Gasteiger partial charge is 0.354 e.